The van der Waals surface area contributed by atoms with E-state index in [1.54, 1.807) is 12.1 Å². The summed E-state index contributed by atoms with van der Waals surface area (Å²) in [4.78, 5) is 13.4. The van der Waals surface area contributed by atoms with Crippen molar-refractivity contribution < 1.29 is 19.9 Å². The first-order chi connectivity index (χ1) is 14.4. The third-order valence-corrected chi connectivity index (χ3v) is 7.20. The molecule has 7 heteroatoms. The Morgan fingerprint density at radius 1 is 1.07 bits per heavy atom. The second kappa shape index (κ2) is 11.2. The second-order valence-electron chi connectivity index (χ2n) is 9.39. The van der Waals surface area contributed by atoms with E-state index in [1.807, 2.05) is 12.1 Å². The maximum Gasteiger partial charge on any atom is 0.451 e. The molecule has 30 heavy (non-hydrogen) atoms. The summed E-state index contributed by atoms with van der Waals surface area (Å²) in [5.41, 5.74) is 7.80. The van der Waals surface area contributed by atoms with E-state index in [2.05, 4.69) is 4.90 Å². The van der Waals surface area contributed by atoms with E-state index in [0.717, 1.165) is 49.9 Å². The number of carboxylic acids is 1. The molecule has 1 unspecified atom stereocenters. The van der Waals surface area contributed by atoms with Gasteiger partial charge in [0.05, 0.1) is 5.56 Å². The third-order valence-electron chi connectivity index (χ3n) is 7.20. The SMILES string of the molecule is NC(CCCCB(O)O)C1CC(CCC2CCN(c3ccc(C(=O)O)cc3)CC2)C1. The van der Waals surface area contributed by atoms with Crippen molar-refractivity contribution in [2.24, 2.45) is 23.5 Å². The van der Waals surface area contributed by atoms with Crippen LogP contribution in [0.2, 0.25) is 6.32 Å². The molecule has 0 spiro atoms. The van der Waals surface area contributed by atoms with Crippen molar-refractivity contribution >= 4 is 18.8 Å². The van der Waals surface area contributed by atoms with Gasteiger partial charge in [0.25, 0.3) is 0 Å². The summed E-state index contributed by atoms with van der Waals surface area (Å²) >= 11 is 0. The summed E-state index contributed by atoms with van der Waals surface area (Å²) in [5, 5.41) is 26.8. The van der Waals surface area contributed by atoms with Crippen LogP contribution in [0, 0.1) is 17.8 Å². The van der Waals surface area contributed by atoms with Crippen molar-refractivity contribution in [3.63, 3.8) is 0 Å². The number of rotatable bonds is 11. The highest BCUT2D eigenvalue weighted by Gasteiger charge is 2.33. The number of nitrogens with zero attached hydrogens (tertiary/aromatic N) is 1. The molecule has 3 rings (SSSR count). The Kier molecular flexibility index (Phi) is 8.60. The van der Waals surface area contributed by atoms with Gasteiger partial charge >= 0.3 is 13.1 Å². The molecule has 1 aromatic carbocycles. The van der Waals surface area contributed by atoms with Gasteiger partial charge < -0.3 is 25.8 Å². The van der Waals surface area contributed by atoms with Gasteiger partial charge in [0.15, 0.2) is 0 Å². The van der Waals surface area contributed by atoms with Crippen molar-refractivity contribution in [1.29, 1.82) is 0 Å². The first-order valence-electron chi connectivity index (χ1n) is 11.6. The zero-order valence-corrected chi connectivity index (χ0v) is 18.0. The minimum Gasteiger partial charge on any atom is -0.478 e. The smallest absolute Gasteiger partial charge is 0.451 e. The molecule has 1 heterocycles. The number of carbonyl (C=O) groups is 1. The van der Waals surface area contributed by atoms with Gasteiger partial charge in [0.2, 0.25) is 0 Å². The predicted molar refractivity (Wildman–Crippen MR) is 121 cm³/mol. The Morgan fingerprint density at radius 3 is 2.30 bits per heavy atom. The highest BCUT2D eigenvalue weighted by Crippen LogP contribution is 2.41. The molecule has 0 amide bonds. The maximum absolute atomic E-state index is 11.0. The van der Waals surface area contributed by atoms with Crippen LogP contribution in [0.4, 0.5) is 5.69 Å². The minimum atomic E-state index is -1.18. The van der Waals surface area contributed by atoms with Crippen molar-refractivity contribution in [2.45, 2.75) is 70.1 Å². The van der Waals surface area contributed by atoms with Gasteiger partial charge in [-0.25, -0.2) is 4.79 Å². The third kappa shape index (κ3) is 6.72. The normalized spacial score (nSPS) is 23.1. The van der Waals surface area contributed by atoms with Crippen molar-refractivity contribution in [3.8, 4) is 0 Å². The quantitative estimate of drug-likeness (QED) is 0.326. The summed E-state index contributed by atoms with van der Waals surface area (Å²) in [6.45, 7) is 2.11. The first kappa shape index (κ1) is 23.1. The molecule has 1 aromatic rings. The zero-order chi connectivity index (χ0) is 21.5. The van der Waals surface area contributed by atoms with Crippen molar-refractivity contribution in [1.82, 2.24) is 0 Å². The lowest BCUT2D eigenvalue weighted by Crippen LogP contribution is -2.39. The van der Waals surface area contributed by atoms with Crippen LogP contribution in [0.15, 0.2) is 24.3 Å². The molecule has 0 bridgehead atoms. The lowest BCUT2D eigenvalue weighted by molar-refractivity contribution is 0.0697. The van der Waals surface area contributed by atoms with E-state index in [9.17, 15) is 4.79 Å². The Labute approximate surface area is 180 Å². The van der Waals surface area contributed by atoms with Crippen LogP contribution in [0.25, 0.3) is 0 Å². The second-order valence-corrected chi connectivity index (χ2v) is 9.39. The molecule has 6 nitrogen and oxygen atoms in total. The first-order valence-corrected chi connectivity index (χ1v) is 11.6. The van der Waals surface area contributed by atoms with Crippen molar-refractivity contribution in [3.05, 3.63) is 29.8 Å². The number of carboxylic acid groups (broad SMARTS) is 1. The van der Waals surface area contributed by atoms with Gasteiger partial charge in [-0.2, -0.15) is 0 Å². The highest BCUT2D eigenvalue weighted by molar-refractivity contribution is 6.40. The fourth-order valence-electron chi connectivity index (χ4n) is 5.08. The minimum absolute atomic E-state index is 0.271. The lowest BCUT2D eigenvalue weighted by atomic mass is 9.68. The maximum atomic E-state index is 11.0. The Balaban J connectivity index is 1.27. The molecular weight excluding hydrogens is 379 g/mol. The van der Waals surface area contributed by atoms with E-state index in [-0.39, 0.29) is 6.04 Å². The molecule has 166 valence electrons. The molecule has 0 aromatic heterocycles. The molecule has 2 fully saturated rings. The molecule has 1 saturated heterocycles. The molecule has 0 radical (unpaired) electrons. The predicted octanol–water partition coefficient (Wildman–Crippen LogP) is 3.38. The van der Waals surface area contributed by atoms with E-state index in [4.69, 9.17) is 20.9 Å². The number of anilines is 1. The van der Waals surface area contributed by atoms with E-state index in [1.165, 1.54) is 38.5 Å². The van der Waals surface area contributed by atoms with Gasteiger partial charge in [-0.05, 0) is 80.4 Å². The summed E-state index contributed by atoms with van der Waals surface area (Å²) in [7, 11) is -1.18. The van der Waals surface area contributed by atoms with Crippen LogP contribution >= 0.6 is 0 Å². The topological polar surface area (TPSA) is 107 Å². The number of nitrogens with two attached hydrogens (primary N) is 1. The van der Waals surface area contributed by atoms with Crippen LogP contribution in [0.1, 0.15) is 68.1 Å². The van der Waals surface area contributed by atoms with Crippen LogP contribution in [-0.4, -0.2) is 47.4 Å². The molecule has 1 aliphatic heterocycles. The van der Waals surface area contributed by atoms with Gasteiger partial charge in [0.1, 0.15) is 0 Å². The standard InChI is InChI=1S/C23H37BN2O4/c25-22(3-1-2-12-24(29)30)20-15-18(16-20)5-4-17-10-13-26(14-11-17)21-8-6-19(7-9-21)23(27)28/h6-9,17-18,20,22,29-30H,1-5,10-16,25H2,(H,27,28). The van der Waals surface area contributed by atoms with Gasteiger partial charge in [-0.1, -0.05) is 25.7 Å². The molecule has 1 saturated carbocycles. The Hall–Kier alpha value is -1.57. The fourth-order valence-corrected chi connectivity index (χ4v) is 5.08. The van der Waals surface area contributed by atoms with Gasteiger partial charge in [-0.15, -0.1) is 0 Å². The molecular formula is C23H37BN2O4. The Morgan fingerprint density at radius 2 is 1.70 bits per heavy atom. The number of hydrogen-bond acceptors (Lipinski definition) is 5. The van der Waals surface area contributed by atoms with Gasteiger partial charge in [0, 0.05) is 24.8 Å². The van der Waals surface area contributed by atoms with Gasteiger partial charge in [-0.3, -0.25) is 0 Å². The van der Waals surface area contributed by atoms with Crippen LogP contribution in [-0.2, 0) is 0 Å². The molecule has 2 aliphatic rings. The molecule has 5 N–H and O–H groups in total. The summed E-state index contributed by atoms with van der Waals surface area (Å²) in [6, 6.07) is 7.50. The van der Waals surface area contributed by atoms with Crippen molar-refractivity contribution in [2.75, 3.05) is 18.0 Å². The van der Waals surface area contributed by atoms with Crippen LogP contribution in [0.3, 0.4) is 0 Å². The zero-order valence-electron chi connectivity index (χ0n) is 18.0. The van der Waals surface area contributed by atoms with Crippen LogP contribution < -0.4 is 10.6 Å². The average Bonchev–Trinajstić information content (AvgIpc) is 2.70. The fraction of sp³-hybridized carbons (Fsp3) is 0.696. The summed E-state index contributed by atoms with van der Waals surface area (Å²) in [6.07, 6.45) is 10.9. The molecule has 1 aliphatic carbocycles. The Bertz CT molecular complexity index is 656. The van der Waals surface area contributed by atoms with E-state index >= 15 is 0 Å². The number of unbranched alkanes of at least 4 members (excludes halogenated alkanes) is 1. The number of hydrogen-bond donors (Lipinski definition) is 4. The monoisotopic (exact) mass is 416 g/mol. The average molecular weight is 416 g/mol. The summed E-state index contributed by atoms with van der Waals surface area (Å²) in [5.74, 6) is 1.42. The molecule has 1 atom stereocenters. The largest absolute Gasteiger partial charge is 0.478 e. The van der Waals surface area contributed by atoms with E-state index < -0.39 is 13.1 Å². The number of piperidine rings is 1. The summed E-state index contributed by atoms with van der Waals surface area (Å²) < 4.78 is 0. The number of benzene rings is 1. The number of aromatic carboxylic acids is 1. The highest BCUT2D eigenvalue weighted by atomic mass is 16.4. The lowest BCUT2D eigenvalue weighted by Gasteiger charge is -2.40. The van der Waals surface area contributed by atoms with E-state index in [0.29, 0.717) is 17.8 Å². The van der Waals surface area contributed by atoms with Crippen LogP contribution in [0.5, 0.6) is 0 Å².